The highest BCUT2D eigenvalue weighted by Crippen LogP contribution is 2.48. The second-order valence-corrected chi connectivity index (χ2v) is 15.3. The smallest absolute Gasteiger partial charge is 0.256 e. The van der Waals surface area contributed by atoms with Crippen molar-refractivity contribution in [2.45, 2.75) is 70.9 Å². The number of hydrogen-bond acceptors (Lipinski definition) is 9. The van der Waals surface area contributed by atoms with Crippen molar-refractivity contribution in [1.29, 1.82) is 0 Å². The van der Waals surface area contributed by atoms with E-state index in [1.54, 1.807) is 24.5 Å². The first-order valence-electron chi connectivity index (χ1n) is 17.8. The van der Waals surface area contributed by atoms with Gasteiger partial charge in [0.15, 0.2) is 11.6 Å². The molecule has 6 aromatic rings. The standard InChI is InChI=1S/C40H36ClFN6O3S/c1-4-15-48-19-31-34(40(48)49)35(33(39-47-46-20(2)51-39)30(44-31)17-22-6-5-21-16-24(41)7-8-25(21)22)32-18-23-13-14-43-38(37(23)52-32)45-29-12-10-27-26(29)9-11-28(42)36(27)50-3/h7-9,11,13-14,16,18,22,29H,4-6,10,12,15,17,19H2,1-3H3,(H,43,45)/t22-,29?/m1/s1. The van der Waals surface area contributed by atoms with Gasteiger partial charge in [-0.15, -0.1) is 21.5 Å². The number of aryl methyl sites for hydroxylation is 2. The lowest BCUT2D eigenvalue weighted by molar-refractivity contribution is 0.0778. The molecule has 2 aliphatic carbocycles. The zero-order chi connectivity index (χ0) is 35.7. The quantitative estimate of drug-likeness (QED) is 0.157. The van der Waals surface area contributed by atoms with Gasteiger partial charge in [-0.2, -0.15) is 0 Å². The predicted molar refractivity (Wildman–Crippen MR) is 200 cm³/mol. The molecule has 0 spiro atoms. The van der Waals surface area contributed by atoms with Gasteiger partial charge in [-0.1, -0.05) is 30.7 Å². The fraction of sp³-hybridized carbons (Fsp3) is 0.325. The molecule has 1 unspecified atom stereocenters. The lowest BCUT2D eigenvalue weighted by atomic mass is 9.90. The minimum Gasteiger partial charge on any atom is -0.493 e. The number of nitrogens with zero attached hydrogens (tertiary/aromatic N) is 5. The van der Waals surface area contributed by atoms with Crippen molar-refractivity contribution in [3.63, 3.8) is 0 Å². The summed E-state index contributed by atoms with van der Waals surface area (Å²) in [6.07, 6.45) is 6.69. The molecule has 264 valence electrons. The second-order valence-electron chi connectivity index (χ2n) is 13.8. The number of thiophene rings is 1. The molecule has 0 saturated carbocycles. The molecule has 0 bridgehead atoms. The van der Waals surface area contributed by atoms with Gasteiger partial charge in [0.1, 0.15) is 5.82 Å². The molecule has 0 radical (unpaired) electrons. The van der Waals surface area contributed by atoms with E-state index in [0.717, 1.165) is 79.6 Å². The van der Waals surface area contributed by atoms with Crippen LogP contribution in [0.15, 0.2) is 53.1 Å². The van der Waals surface area contributed by atoms with Crippen molar-refractivity contribution in [1.82, 2.24) is 25.1 Å². The number of benzene rings is 2. The number of aromatic nitrogens is 4. The van der Waals surface area contributed by atoms with Gasteiger partial charge in [-0.05, 0) is 96.9 Å². The van der Waals surface area contributed by atoms with Crippen LogP contribution in [0.2, 0.25) is 5.02 Å². The average Bonchev–Trinajstić information content (AvgIpc) is 3.97. The third-order valence-corrected chi connectivity index (χ3v) is 12.1. The second kappa shape index (κ2) is 13.0. The van der Waals surface area contributed by atoms with Crippen LogP contribution in [0.3, 0.4) is 0 Å². The number of halogens is 2. The first kappa shape index (κ1) is 33.0. The summed E-state index contributed by atoms with van der Waals surface area (Å²) >= 11 is 7.95. The van der Waals surface area contributed by atoms with Crippen LogP contribution >= 0.6 is 22.9 Å². The summed E-state index contributed by atoms with van der Waals surface area (Å²) in [6, 6.07) is 13.5. The maximum atomic E-state index is 14.5. The van der Waals surface area contributed by atoms with E-state index >= 15 is 0 Å². The maximum absolute atomic E-state index is 14.5. The summed E-state index contributed by atoms with van der Waals surface area (Å²) in [5.41, 5.74) is 8.14. The molecule has 5 heterocycles. The van der Waals surface area contributed by atoms with Gasteiger partial charge in [0.05, 0.1) is 46.9 Å². The fourth-order valence-electron chi connectivity index (χ4n) is 8.41. The van der Waals surface area contributed by atoms with Crippen LogP contribution < -0.4 is 10.1 Å². The van der Waals surface area contributed by atoms with E-state index in [9.17, 15) is 9.18 Å². The number of nitrogens with one attached hydrogen (secondary N) is 1. The van der Waals surface area contributed by atoms with Crippen molar-refractivity contribution in [3.05, 3.63) is 105 Å². The predicted octanol–water partition coefficient (Wildman–Crippen LogP) is 9.26. The van der Waals surface area contributed by atoms with Crippen LogP contribution in [0.25, 0.3) is 32.0 Å². The Kier molecular flexibility index (Phi) is 8.23. The van der Waals surface area contributed by atoms with Crippen molar-refractivity contribution in [3.8, 4) is 27.6 Å². The summed E-state index contributed by atoms with van der Waals surface area (Å²) in [4.78, 5) is 27.1. The highest BCUT2D eigenvalue weighted by molar-refractivity contribution is 7.23. The molecule has 52 heavy (non-hydrogen) atoms. The number of rotatable bonds is 9. The van der Waals surface area contributed by atoms with Gasteiger partial charge in [-0.25, -0.2) is 9.37 Å². The summed E-state index contributed by atoms with van der Waals surface area (Å²) in [5, 5.41) is 14.1. The molecule has 1 N–H and O–H groups in total. The first-order chi connectivity index (χ1) is 25.3. The Morgan fingerprint density at radius 3 is 2.75 bits per heavy atom. The first-order valence-corrected chi connectivity index (χ1v) is 18.9. The van der Waals surface area contributed by atoms with E-state index in [0.29, 0.717) is 54.6 Å². The fourth-order valence-corrected chi connectivity index (χ4v) is 9.77. The Labute approximate surface area is 309 Å². The molecule has 1 amide bonds. The number of carbonyl (C=O) groups is 1. The van der Waals surface area contributed by atoms with E-state index in [1.807, 2.05) is 23.1 Å². The van der Waals surface area contributed by atoms with Crippen LogP contribution in [0, 0.1) is 12.7 Å². The molecule has 1 aliphatic heterocycles. The average molecular weight is 735 g/mol. The molecule has 2 atom stereocenters. The van der Waals surface area contributed by atoms with Gasteiger partial charge in [0.25, 0.3) is 5.91 Å². The van der Waals surface area contributed by atoms with Crippen LogP contribution in [0.5, 0.6) is 5.75 Å². The van der Waals surface area contributed by atoms with E-state index in [2.05, 4.69) is 40.6 Å². The lowest BCUT2D eigenvalue weighted by Crippen LogP contribution is -2.24. The minimum atomic E-state index is -0.352. The van der Waals surface area contributed by atoms with E-state index < -0.39 is 0 Å². The number of carbonyl (C=O) groups excluding carboxylic acids is 1. The Morgan fingerprint density at radius 2 is 1.94 bits per heavy atom. The zero-order valence-electron chi connectivity index (χ0n) is 29.1. The van der Waals surface area contributed by atoms with Gasteiger partial charge < -0.3 is 19.4 Å². The molecule has 3 aliphatic rings. The summed E-state index contributed by atoms with van der Waals surface area (Å²) < 4.78 is 27.1. The van der Waals surface area contributed by atoms with E-state index in [4.69, 9.17) is 30.7 Å². The van der Waals surface area contributed by atoms with Gasteiger partial charge in [0.2, 0.25) is 11.8 Å². The number of hydrogen-bond donors (Lipinski definition) is 1. The Hall–Kier alpha value is -4.87. The van der Waals surface area contributed by atoms with Crippen LogP contribution in [-0.2, 0) is 25.8 Å². The normalized spacial score (nSPS) is 17.6. The molecular weight excluding hydrogens is 699 g/mol. The third kappa shape index (κ3) is 5.44. The molecule has 0 saturated heterocycles. The number of ether oxygens (including phenoxy) is 1. The van der Waals surface area contributed by atoms with Crippen molar-refractivity contribution in [2.75, 3.05) is 19.0 Å². The largest absolute Gasteiger partial charge is 0.493 e. The molecular formula is C40H36ClFN6O3S. The SMILES string of the molecule is CCCN1Cc2nc(C[C@H]3CCc4cc(Cl)ccc43)c(-c3nnc(C)o3)c(-c3cc4ccnc(NC5CCc6c5ccc(F)c6OC)c4s3)c2C1=O. The van der Waals surface area contributed by atoms with Crippen LogP contribution in [0.1, 0.15) is 88.0 Å². The van der Waals surface area contributed by atoms with Crippen LogP contribution in [0.4, 0.5) is 10.2 Å². The van der Waals surface area contributed by atoms with Crippen molar-refractivity contribution >= 4 is 44.7 Å². The highest BCUT2D eigenvalue weighted by atomic mass is 35.5. The van der Waals surface area contributed by atoms with Crippen molar-refractivity contribution < 1.29 is 18.3 Å². The third-order valence-electron chi connectivity index (χ3n) is 10.7. The van der Waals surface area contributed by atoms with Crippen LogP contribution in [-0.4, -0.2) is 44.6 Å². The highest BCUT2D eigenvalue weighted by Gasteiger charge is 2.38. The number of pyridine rings is 2. The number of anilines is 1. The summed E-state index contributed by atoms with van der Waals surface area (Å²) in [6.45, 7) is 4.94. The number of amides is 1. The van der Waals surface area contributed by atoms with Gasteiger partial charge >= 0.3 is 0 Å². The molecule has 12 heteroatoms. The molecule has 4 aromatic heterocycles. The van der Waals surface area contributed by atoms with Gasteiger partial charge in [0, 0.05) is 40.7 Å². The zero-order valence-corrected chi connectivity index (χ0v) is 30.6. The summed E-state index contributed by atoms with van der Waals surface area (Å²) in [7, 11) is 1.51. The monoisotopic (exact) mass is 734 g/mol. The van der Waals surface area contributed by atoms with E-state index in [-0.39, 0.29) is 23.7 Å². The Bertz CT molecular complexity index is 2410. The number of methoxy groups -OCH3 is 1. The molecule has 0 fully saturated rings. The van der Waals surface area contributed by atoms with Gasteiger partial charge in [-0.3, -0.25) is 9.78 Å². The van der Waals surface area contributed by atoms with E-state index in [1.165, 1.54) is 24.3 Å². The topological polar surface area (TPSA) is 106 Å². The number of fused-ring (bicyclic) bond motifs is 4. The Balaban J connectivity index is 1.20. The summed E-state index contributed by atoms with van der Waals surface area (Å²) in [5.74, 6) is 1.66. The minimum absolute atomic E-state index is 0.0399. The Morgan fingerprint density at radius 1 is 1.08 bits per heavy atom. The molecule has 9 rings (SSSR count). The molecule has 2 aromatic carbocycles. The maximum Gasteiger partial charge on any atom is 0.256 e. The lowest BCUT2D eigenvalue weighted by Gasteiger charge is -2.18. The van der Waals surface area contributed by atoms with Crippen molar-refractivity contribution in [2.24, 2.45) is 0 Å². The molecule has 9 nitrogen and oxygen atoms in total.